The Morgan fingerprint density at radius 2 is 2.33 bits per heavy atom. The van der Waals surface area contributed by atoms with E-state index in [2.05, 4.69) is 12.2 Å². The third-order valence-electron chi connectivity index (χ3n) is 0.226. The molecular weight excluding hydrogens is 116 g/mol. The fourth-order valence-electron chi connectivity index (χ4n) is 0.0821. The van der Waals surface area contributed by atoms with Gasteiger partial charge in [-0.25, -0.2) is 0 Å². The number of rotatable bonds is 2. The maximum atomic E-state index is 5.03. The summed E-state index contributed by atoms with van der Waals surface area (Å²) in [4.78, 5) is 0.461. The Hall–Kier alpha value is 0.200. The Morgan fingerprint density at radius 3 is 2.33 bits per heavy atom. The summed E-state index contributed by atoms with van der Waals surface area (Å²) in [6, 6.07) is 0. The van der Waals surface area contributed by atoms with Gasteiger partial charge in [0.05, 0.1) is 10.7 Å². The molecule has 4 heteroatoms. The van der Waals surface area contributed by atoms with E-state index in [1.165, 1.54) is 0 Å². The summed E-state index contributed by atoms with van der Waals surface area (Å²) in [5.41, 5.74) is 5.03. The van der Waals surface area contributed by atoms with Crippen LogP contribution in [0.3, 0.4) is 0 Å². The van der Waals surface area contributed by atoms with Gasteiger partial charge in [-0.2, -0.15) is 0 Å². The molecule has 0 fully saturated rings. The molecule has 0 aromatic heterocycles. The van der Waals surface area contributed by atoms with Crippen LogP contribution < -0.4 is 10.9 Å². The van der Waals surface area contributed by atoms with Crippen LogP contribution in [0.1, 0.15) is 0 Å². The Bertz CT molecular complexity index is 53.5. The van der Waals surface area contributed by atoms with Gasteiger partial charge in [-0.05, 0) is 0 Å². The average Bonchev–Trinajstić information content (AvgIpc) is 1.35. The number of hydrogen-bond acceptors (Lipinski definition) is 3. The first-order chi connectivity index (χ1) is 2.77. The Balaban J connectivity index is 2.83. The van der Waals surface area contributed by atoms with Crippen LogP contribution in [0, 0.1) is 0 Å². The van der Waals surface area contributed by atoms with Crippen molar-refractivity contribution in [3.63, 3.8) is 0 Å². The largest absolute Gasteiger partial charge is 0.393 e. The maximum Gasteiger partial charge on any atom is 0.0841 e. The minimum absolute atomic E-state index is 0.461. The number of nitrogens with two attached hydrogens (primary N) is 2. The summed E-state index contributed by atoms with van der Waals surface area (Å²) >= 11 is 5.62. The second kappa shape index (κ2) is 3.39. The van der Waals surface area contributed by atoms with Gasteiger partial charge < -0.3 is 5.73 Å². The number of thiocarbonyl (C=S) groups is 1. The first-order valence-corrected chi connectivity index (χ1v) is 2.83. The van der Waals surface area contributed by atoms with Gasteiger partial charge in [-0.15, -0.1) is 0 Å². The van der Waals surface area contributed by atoms with Crippen molar-refractivity contribution in [2.75, 3.05) is 5.75 Å². The van der Waals surface area contributed by atoms with Crippen LogP contribution in [0.15, 0.2) is 0 Å². The van der Waals surface area contributed by atoms with Crippen molar-refractivity contribution in [2.45, 2.75) is 0 Å². The van der Waals surface area contributed by atoms with Crippen LogP contribution in [0.4, 0.5) is 0 Å². The van der Waals surface area contributed by atoms with E-state index in [9.17, 15) is 0 Å². The average molecular weight is 122 g/mol. The molecule has 0 rings (SSSR count). The number of hydrogen-bond donors (Lipinski definition) is 2. The highest BCUT2D eigenvalue weighted by Gasteiger charge is 1.80. The Kier molecular flexibility index (Phi) is 3.51. The first-order valence-electron chi connectivity index (χ1n) is 1.37. The summed E-state index contributed by atoms with van der Waals surface area (Å²) < 4.78 is 0. The molecule has 0 saturated carbocycles. The quantitative estimate of drug-likeness (QED) is 0.396. The minimum Gasteiger partial charge on any atom is -0.393 e. The van der Waals surface area contributed by atoms with Crippen molar-refractivity contribution < 1.29 is 0 Å². The highest BCUT2D eigenvalue weighted by atomic mass is 32.2. The summed E-state index contributed by atoms with van der Waals surface area (Å²) in [6.45, 7) is 0. The standard InChI is InChI=1S/C2H6N2S2/c3-2(5)1-6-4/h1,4H2,(H2,3,5). The summed E-state index contributed by atoms with van der Waals surface area (Å²) in [5.74, 6) is 0.579. The lowest BCUT2D eigenvalue weighted by Crippen LogP contribution is -2.11. The predicted octanol–water partition coefficient (Wildman–Crippen LogP) is -0.121. The lowest BCUT2D eigenvalue weighted by Gasteiger charge is -1.85. The molecule has 0 heterocycles. The van der Waals surface area contributed by atoms with E-state index in [1.54, 1.807) is 0 Å². The highest BCUT2D eigenvalue weighted by Crippen LogP contribution is 1.81. The highest BCUT2D eigenvalue weighted by molar-refractivity contribution is 7.99. The lowest BCUT2D eigenvalue weighted by molar-refractivity contribution is 1.73. The fourth-order valence-corrected chi connectivity index (χ4v) is 0.451. The normalized spacial score (nSPS) is 8.17. The second-order valence-electron chi connectivity index (χ2n) is 0.777. The van der Waals surface area contributed by atoms with Crippen molar-refractivity contribution in [3.8, 4) is 0 Å². The van der Waals surface area contributed by atoms with Gasteiger partial charge in [0.15, 0.2) is 0 Å². The molecule has 0 aliphatic heterocycles. The van der Waals surface area contributed by atoms with Crippen LogP contribution in [0.2, 0.25) is 0 Å². The van der Waals surface area contributed by atoms with Gasteiger partial charge >= 0.3 is 0 Å². The predicted molar refractivity (Wildman–Crippen MR) is 33.4 cm³/mol. The van der Waals surface area contributed by atoms with Crippen molar-refractivity contribution in [1.29, 1.82) is 0 Å². The third-order valence-corrected chi connectivity index (χ3v) is 1.03. The third kappa shape index (κ3) is 4.20. The fraction of sp³-hybridized carbons (Fsp3) is 0.500. The molecule has 2 nitrogen and oxygen atoms in total. The van der Waals surface area contributed by atoms with Crippen LogP contribution in [0.25, 0.3) is 0 Å². The van der Waals surface area contributed by atoms with Gasteiger partial charge in [0, 0.05) is 0 Å². The van der Waals surface area contributed by atoms with Gasteiger partial charge in [-0.1, -0.05) is 24.2 Å². The molecule has 0 aliphatic rings. The van der Waals surface area contributed by atoms with E-state index >= 15 is 0 Å². The van der Waals surface area contributed by atoms with Gasteiger partial charge in [0.2, 0.25) is 0 Å². The monoisotopic (exact) mass is 122 g/mol. The minimum atomic E-state index is 0.461. The van der Waals surface area contributed by atoms with Gasteiger partial charge in [-0.3, -0.25) is 5.14 Å². The van der Waals surface area contributed by atoms with E-state index < -0.39 is 0 Å². The molecular formula is C2H6N2S2. The zero-order chi connectivity index (χ0) is 4.99. The van der Waals surface area contributed by atoms with E-state index in [-0.39, 0.29) is 0 Å². The topological polar surface area (TPSA) is 52.0 Å². The molecule has 0 aromatic carbocycles. The van der Waals surface area contributed by atoms with E-state index in [1.807, 2.05) is 0 Å². The molecule has 4 N–H and O–H groups in total. The first kappa shape index (κ1) is 6.20. The molecule has 0 radical (unpaired) electrons. The molecule has 0 unspecified atom stereocenters. The van der Waals surface area contributed by atoms with Crippen LogP contribution in [0.5, 0.6) is 0 Å². The van der Waals surface area contributed by atoms with Crippen LogP contribution >= 0.6 is 24.2 Å². The SMILES string of the molecule is NSCC(N)=S. The molecule has 36 valence electrons. The summed E-state index contributed by atoms with van der Waals surface area (Å²) in [6.07, 6.45) is 0. The zero-order valence-corrected chi connectivity index (χ0v) is 4.81. The molecule has 0 amide bonds. The van der Waals surface area contributed by atoms with Crippen LogP contribution in [-0.4, -0.2) is 10.7 Å². The van der Waals surface area contributed by atoms with Crippen molar-refractivity contribution in [2.24, 2.45) is 10.9 Å². The molecule has 0 saturated heterocycles. The van der Waals surface area contributed by atoms with Gasteiger partial charge in [0.25, 0.3) is 0 Å². The zero-order valence-electron chi connectivity index (χ0n) is 3.18. The van der Waals surface area contributed by atoms with E-state index in [0.29, 0.717) is 10.7 Å². The van der Waals surface area contributed by atoms with Crippen molar-refractivity contribution in [3.05, 3.63) is 0 Å². The van der Waals surface area contributed by atoms with Crippen LogP contribution in [-0.2, 0) is 0 Å². The molecule has 0 atom stereocenters. The lowest BCUT2D eigenvalue weighted by atomic mass is 10.8. The second-order valence-corrected chi connectivity index (χ2v) is 1.92. The maximum absolute atomic E-state index is 5.03. The molecule has 6 heavy (non-hydrogen) atoms. The Morgan fingerprint density at radius 1 is 1.83 bits per heavy atom. The van der Waals surface area contributed by atoms with Gasteiger partial charge in [0.1, 0.15) is 0 Å². The molecule has 0 aliphatic carbocycles. The summed E-state index contributed by atoms with van der Waals surface area (Å²) in [7, 11) is 0. The smallest absolute Gasteiger partial charge is 0.0841 e. The van der Waals surface area contributed by atoms with E-state index in [0.717, 1.165) is 11.9 Å². The van der Waals surface area contributed by atoms with Crippen molar-refractivity contribution in [1.82, 2.24) is 0 Å². The molecule has 0 bridgehead atoms. The Labute approximate surface area is 46.4 Å². The summed E-state index contributed by atoms with van der Waals surface area (Å²) in [5, 5.41) is 4.98. The van der Waals surface area contributed by atoms with Crippen molar-refractivity contribution >= 4 is 29.2 Å². The van der Waals surface area contributed by atoms with E-state index in [4.69, 9.17) is 10.9 Å². The molecule has 0 spiro atoms. The molecule has 0 aromatic rings.